The zero-order valence-corrected chi connectivity index (χ0v) is 11.1. The number of carbonyl (C=O) groups is 1. The van der Waals surface area contributed by atoms with E-state index < -0.39 is 0 Å². The average molecular weight is 273 g/mol. The van der Waals surface area contributed by atoms with Crippen molar-refractivity contribution in [2.75, 3.05) is 11.9 Å². The van der Waals surface area contributed by atoms with Gasteiger partial charge in [0.15, 0.2) is 0 Å². The average Bonchev–Trinajstić information content (AvgIpc) is 3.09. The molecule has 1 aromatic carbocycles. The minimum absolute atomic E-state index is 0.101. The number of aromatic nitrogens is 2. The molecule has 0 bridgehead atoms. The van der Waals surface area contributed by atoms with E-state index in [0.29, 0.717) is 18.1 Å². The SMILES string of the molecule is Cc1ccccc1C(=O)Nc1nnc(C2CCCO2)o1. The molecule has 0 saturated carbocycles. The van der Waals surface area contributed by atoms with Crippen molar-refractivity contribution in [2.45, 2.75) is 25.9 Å². The Morgan fingerprint density at radius 2 is 2.20 bits per heavy atom. The molecule has 1 saturated heterocycles. The molecule has 1 aromatic heterocycles. The van der Waals surface area contributed by atoms with Gasteiger partial charge < -0.3 is 9.15 Å². The van der Waals surface area contributed by atoms with Crippen molar-refractivity contribution in [3.63, 3.8) is 0 Å². The van der Waals surface area contributed by atoms with Crippen molar-refractivity contribution >= 4 is 11.9 Å². The summed E-state index contributed by atoms with van der Waals surface area (Å²) < 4.78 is 10.9. The first-order valence-electron chi connectivity index (χ1n) is 6.56. The molecule has 1 aliphatic heterocycles. The van der Waals surface area contributed by atoms with Gasteiger partial charge in [0.1, 0.15) is 6.10 Å². The quantitative estimate of drug-likeness (QED) is 0.929. The first-order valence-corrected chi connectivity index (χ1v) is 6.56. The fourth-order valence-corrected chi connectivity index (χ4v) is 2.18. The van der Waals surface area contributed by atoms with Gasteiger partial charge in [0.25, 0.3) is 5.91 Å². The summed E-state index contributed by atoms with van der Waals surface area (Å²) in [4.78, 5) is 12.1. The van der Waals surface area contributed by atoms with E-state index >= 15 is 0 Å². The van der Waals surface area contributed by atoms with Crippen LogP contribution in [0.25, 0.3) is 0 Å². The number of rotatable bonds is 3. The Morgan fingerprint density at radius 1 is 1.35 bits per heavy atom. The normalized spacial score (nSPS) is 18.1. The molecule has 1 fully saturated rings. The highest BCUT2D eigenvalue weighted by molar-refractivity contribution is 6.04. The number of ether oxygens (including phenoxy) is 1. The summed E-state index contributed by atoms with van der Waals surface area (Å²) in [5, 5.41) is 10.3. The van der Waals surface area contributed by atoms with Crippen molar-refractivity contribution in [1.82, 2.24) is 10.2 Å². The zero-order chi connectivity index (χ0) is 13.9. The molecule has 6 heteroatoms. The van der Waals surface area contributed by atoms with Gasteiger partial charge in [0, 0.05) is 12.2 Å². The van der Waals surface area contributed by atoms with Crippen molar-refractivity contribution in [3.05, 3.63) is 41.3 Å². The third-order valence-corrected chi connectivity index (χ3v) is 3.26. The molecule has 1 N–H and O–H groups in total. The second kappa shape index (κ2) is 5.42. The van der Waals surface area contributed by atoms with Crippen LogP contribution in [0.3, 0.4) is 0 Å². The smallest absolute Gasteiger partial charge is 0.322 e. The molecule has 0 radical (unpaired) electrons. The Morgan fingerprint density at radius 3 is 2.95 bits per heavy atom. The Labute approximate surface area is 116 Å². The van der Waals surface area contributed by atoms with Crippen LogP contribution in [0.15, 0.2) is 28.7 Å². The molecule has 2 heterocycles. The first-order chi connectivity index (χ1) is 9.74. The number of hydrogen-bond donors (Lipinski definition) is 1. The molecule has 6 nitrogen and oxygen atoms in total. The van der Waals surface area contributed by atoms with E-state index in [-0.39, 0.29) is 18.0 Å². The summed E-state index contributed by atoms with van der Waals surface area (Å²) >= 11 is 0. The van der Waals surface area contributed by atoms with E-state index in [1.54, 1.807) is 6.07 Å². The van der Waals surface area contributed by atoms with Crippen LogP contribution in [-0.2, 0) is 4.74 Å². The standard InChI is InChI=1S/C14H15N3O3/c1-9-5-2-3-6-10(9)12(18)15-14-17-16-13(20-14)11-7-4-8-19-11/h2-3,5-6,11H,4,7-8H2,1H3,(H,15,17,18). The minimum atomic E-state index is -0.259. The van der Waals surface area contributed by atoms with E-state index in [1.165, 1.54) is 0 Å². The highest BCUT2D eigenvalue weighted by Gasteiger charge is 2.24. The van der Waals surface area contributed by atoms with Crippen LogP contribution in [0.5, 0.6) is 0 Å². The van der Waals surface area contributed by atoms with Gasteiger partial charge in [0.05, 0.1) is 0 Å². The molecule has 2 aromatic rings. The summed E-state index contributed by atoms with van der Waals surface area (Å²) in [5.41, 5.74) is 1.48. The van der Waals surface area contributed by atoms with Crippen LogP contribution in [0.1, 0.15) is 40.8 Å². The van der Waals surface area contributed by atoms with E-state index in [0.717, 1.165) is 18.4 Å². The maximum Gasteiger partial charge on any atom is 0.322 e. The van der Waals surface area contributed by atoms with E-state index in [4.69, 9.17) is 9.15 Å². The largest absolute Gasteiger partial charge is 0.405 e. The summed E-state index contributed by atoms with van der Waals surface area (Å²) in [5.74, 6) is 0.160. The van der Waals surface area contributed by atoms with Crippen LogP contribution in [-0.4, -0.2) is 22.7 Å². The maximum atomic E-state index is 12.1. The van der Waals surface area contributed by atoms with Crippen LogP contribution < -0.4 is 5.32 Å². The molecule has 0 spiro atoms. The third kappa shape index (κ3) is 2.55. The van der Waals surface area contributed by atoms with Gasteiger partial charge in [-0.25, -0.2) is 0 Å². The molecule has 1 aliphatic rings. The number of amides is 1. The Balaban J connectivity index is 1.72. The molecule has 1 atom stereocenters. The number of benzene rings is 1. The monoisotopic (exact) mass is 273 g/mol. The molecule has 1 amide bonds. The predicted molar refractivity (Wildman–Crippen MR) is 71.4 cm³/mol. The molecule has 104 valence electrons. The number of nitrogens with zero attached hydrogens (tertiary/aromatic N) is 2. The molecular weight excluding hydrogens is 258 g/mol. The highest BCUT2D eigenvalue weighted by Crippen LogP contribution is 2.28. The predicted octanol–water partition coefficient (Wildman–Crippen LogP) is 2.48. The van der Waals surface area contributed by atoms with Gasteiger partial charge in [-0.1, -0.05) is 23.3 Å². The lowest BCUT2D eigenvalue weighted by Crippen LogP contribution is -2.13. The van der Waals surface area contributed by atoms with Gasteiger partial charge in [-0.3, -0.25) is 10.1 Å². The van der Waals surface area contributed by atoms with Crippen LogP contribution in [0, 0.1) is 6.92 Å². The van der Waals surface area contributed by atoms with Gasteiger partial charge in [-0.2, -0.15) is 0 Å². The van der Waals surface area contributed by atoms with Crippen molar-refractivity contribution in [1.29, 1.82) is 0 Å². The van der Waals surface area contributed by atoms with Crippen LogP contribution in [0.4, 0.5) is 6.01 Å². The number of anilines is 1. The topological polar surface area (TPSA) is 77.2 Å². The lowest BCUT2D eigenvalue weighted by atomic mass is 10.1. The molecule has 20 heavy (non-hydrogen) atoms. The lowest BCUT2D eigenvalue weighted by molar-refractivity contribution is 0.0893. The zero-order valence-electron chi connectivity index (χ0n) is 11.1. The molecule has 3 rings (SSSR count). The van der Waals surface area contributed by atoms with Crippen LogP contribution >= 0.6 is 0 Å². The maximum absolute atomic E-state index is 12.1. The lowest BCUT2D eigenvalue weighted by Gasteiger charge is -2.04. The fourth-order valence-electron chi connectivity index (χ4n) is 2.18. The van der Waals surface area contributed by atoms with Crippen molar-refractivity contribution in [2.24, 2.45) is 0 Å². The number of aryl methyl sites for hydroxylation is 1. The van der Waals surface area contributed by atoms with Gasteiger partial charge >= 0.3 is 6.01 Å². The summed E-state index contributed by atoms with van der Waals surface area (Å²) in [7, 11) is 0. The number of carbonyl (C=O) groups excluding carboxylic acids is 1. The van der Waals surface area contributed by atoms with Crippen molar-refractivity contribution < 1.29 is 13.9 Å². The second-order valence-corrected chi connectivity index (χ2v) is 4.72. The van der Waals surface area contributed by atoms with E-state index in [2.05, 4.69) is 15.5 Å². The first kappa shape index (κ1) is 12.8. The highest BCUT2D eigenvalue weighted by atomic mass is 16.5. The van der Waals surface area contributed by atoms with E-state index in [9.17, 15) is 4.79 Å². The second-order valence-electron chi connectivity index (χ2n) is 4.72. The van der Waals surface area contributed by atoms with Crippen molar-refractivity contribution in [3.8, 4) is 0 Å². The van der Waals surface area contributed by atoms with Crippen LogP contribution in [0.2, 0.25) is 0 Å². The van der Waals surface area contributed by atoms with Gasteiger partial charge in [-0.15, -0.1) is 5.10 Å². The van der Waals surface area contributed by atoms with E-state index in [1.807, 2.05) is 25.1 Å². The number of nitrogens with one attached hydrogen (secondary N) is 1. The number of hydrogen-bond acceptors (Lipinski definition) is 5. The molecule has 0 aliphatic carbocycles. The summed E-state index contributed by atoms with van der Waals surface area (Å²) in [6.45, 7) is 2.58. The summed E-state index contributed by atoms with van der Waals surface area (Å²) in [6.07, 6.45) is 1.71. The Hall–Kier alpha value is -2.21. The molecule has 1 unspecified atom stereocenters. The Kier molecular flexibility index (Phi) is 3.47. The third-order valence-electron chi connectivity index (χ3n) is 3.26. The summed E-state index contributed by atoms with van der Waals surface area (Å²) in [6, 6.07) is 7.42. The van der Waals surface area contributed by atoms with Gasteiger partial charge in [0.2, 0.25) is 5.89 Å². The molecular formula is C14H15N3O3. The Bertz CT molecular complexity index is 618. The minimum Gasteiger partial charge on any atom is -0.405 e. The van der Waals surface area contributed by atoms with Gasteiger partial charge in [-0.05, 0) is 31.4 Å². The fraction of sp³-hybridized carbons (Fsp3) is 0.357.